The SMILES string of the molecule is COCCNC(=O)NC1(c2ccccc2)CC1. The van der Waals surface area contributed by atoms with Crippen molar-refractivity contribution in [2.24, 2.45) is 0 Å². The predicted molar refractivity (Wildman–Crippen MR) is 65.8 cm³/mol. The highest BCUT2D eigenvalue weighted by atomic mass is 16.5. The van der Waals surface area contributed by atoms with E-state index in [1.165, 1.54) is 5.56 Å². The van der Waals surface area contributed by atoms with Crippen molar-refractivity contribution in [1.29, 1.82) is 0 Å². The van der Waals surface area contributed by atoms with Gasteiger partial charge in [-0.15, -0.1) is 0 Å². The molecule has 1 fully saturated rings. The molecule has 0 heterocycles. The lowest BCUT2D eigenvalue weighted by molar-refractivity contribution is 0.194. The van der Waals surface area contributed by atoms with E-state index in [1.54, 1.807) is 7.11 Å². The van der Waals surface area contributed by atoms with Crippen LogP contribution in [0.5, 0.6) is 0 Å². The number of methoxy groups -OCH3 is 1. The molecule has 2 rings (SSSR count). The summed E-state index contributed by atoms with van der Waals surface area (Å²) in [6.07, 6.45) is 2.02. The highest BCUT2D eigenvalue weighted by Crippen LogP contribution is 2.45. The molecule has 2 N–H and O–H groups in total. The third kappa shape index (κ3) is 2.97. The Bertz CT molecular complexity index is 374. The normalized spacial score (nSPS) is 16.3. The van der Waals surface area contributed by atoms with Crippen LogP contribution in [0.3, 0.4) is 0 Å². The van der Waals surface area contributed by atoms with Gasteiger partial charge in [-0.25, -0.2) is 4.79 Å². The van der Waals surface area contributed by atoms with E-state index >= 15 is 0 Å². The lowest BCUT2D eigenvalue weighted by Gasteiger charge is -2.18. The number of ether oxygens (including phenoxy) is 1. The number of hydrogen-bond donors (Lipinski definition) is 2. The first-order valence-electron chi connectivity index (χ1n) is 5.87. The molecule has 0 atom stereocenters. The zero-order chi connectivity index (χ0) is 12.1. The molecule has 1 aliphatic carbocycles. The first kappa shape index (κ1) is 11.9. The summed E-state index contributed by atoms with van der Waals surface area (Å²) in [5.41, 5.74) is 1.04. The van der Waals surface area contributed by atoms with Crippen molar-refractivity contribution in [2.45, 2.75) is 18.4 Å². The van der Waals surface area contributed by atoms with Gasteiger partial charge in [-0.1, -0.05) is 30.3 Å². The summed E-state index contributed by atoms with van der Waals surface area (Å²) < 4.78 is 4.88. The average Bonchev–Trinajstić information content (AvgIpc) is 3.12. The van der Waals surface area contributed by atoms with Crippen LogP contribution in [0, 0.1) is 0 Å². The average molecular weight is 234 g/mol. The number of hydrogen-bond acceptors (Lipinski definition) is 2. The molecule has 1 saturated carbocycles. The summed E-state index contributed by atoms with van der Waals surface area (Å²) in [4.78, 5) is 11.7. The van der Waals surface area contributed by atoms with E-state index in [4.69, 9.17) is 4.74 Å². The zero-order valence-corrected chi connectivity index (χ0v) is 10.0. The van der Waals surface area contributed by atoms with Crippen molar-refractivity contribution >= 4 is 6.03 Å². The van der Waals surface area contributed by atoms with Crippen LogP contribution in [-0.2, 0) is 10.3 Å². The molecular weight excluding hydrogens is 216 g/mol. The molecule has 0 unspecified atom stereocenters. The van der Waals surface area contributed by atoms with Crippen molar-refractivity contribution in [3.8, 4) is 0 Å². The quantitative estimate of drug-likeness (QED) is 0.761. The van der Waals surface area contributed by atoms with Gasteiger partial charge in [0.1, 0.15) is 0 Å². The van der Waals surface area contributed by atoms with Crippen molar-refractivity contribution < 1.29 is 9.53 Å². The minimum atomic E-state index is -0.140. The third-order valence-corrected chi connectivity index (χ3v) is 3.02. The van der Waals surface area contributed by atoms with E-state index in [2.05, 4.69) is 22.8 Å². The number of carbonyl (C=O) groups is 1. The first-order valence-corrected chi connectivity index (χ1v) is 5.87. The Hall–Kier alpha value is -1.55. The number of urea groups is 1. The topological polar surface area (TPSA) is 50.4 Å². The maximum Gasteiger partial charge on any atom is 0.315 e. The van der Waals surface area contributed by atoms with Crippen LogP contribution in [0.4, 0.5) is 4.79 Å². The van der Waals surface area contributed by atoms with Gasteiger partial charge in [0.05, 0.1) is 12.1 Å². The second kappa shape index (κ2) is 5.19. The Morgan fingerprint density at radius 3 is 2.65 bits per heavy atom. The van der Waals surface area contributed by atoms with Crippen LogP contribution in [0.25, 0.3) is 0 Å². The molecule has 2 amide bonds. The van der Waals surface area contributed by atoms with Crippen LogP contribution in [0.15, 0.2) is 30.3 Å². The maximum atomic E-state index is 11.7. The maximum absolute atomic E-state index is 11.7. The van der Waals surface area contributed by atoms with Crippen molar-refractivity contribution in [2.75, 3.05) is 20.3 Å². The molecule has 4 nitrogen and oxygen atoms in total. The van der Waals surface area contributed by atoms with Gasteiger partial charge in [0.25, 0.3) is 0 Å². The summed E-state index contributed by atoms with van der Waals surface area (Å²) in [6.45, 7) is 1.07. The van der Waals surface area contributed by atoms with Crippen molar-refractivity contribution in [1.82, 2.24) is 10.6 Å². The largest absolute Gasteiger partial charge is 0.383 e. The number of amides is 2. The Morgan fingerprint density at radius 2 is 2.06 bits per heavy atom. The van der Waals surface area contributed by atoms with Gasteiger partial charge in [-0.3, -0.25) is 0 Å². The predicted octanol–water partition coefficient (Wildman–Crippen LogP) is 1.62. The minimum Gasteiger partial charge on any atom is -0.383 e. The van der Waals surface area contributed by atoms with Crippen LogP contribution < -0.4 is 10.6 Å². The lowest BCUT2D eigenvalue weighted by Crippen LogP contribution is -2.43. The van der Waals surface area contributed by atoms with Crippen molar-refractivity contribution in [3.63, 3.8) is 0 Å². The first-order chi connectivity index (χ1) is 8.27. The molecule has 0 saturated heterocycles. The Kier molecular flexibility index (Phi) is 3.64. The van der Waals surface area contributed by atoms with Gasteiger partial charge in [-0.05, 0) is 18.4 Å². The van der Waals surface area contributed by atoms with Gasteiger partial charge in [0, 0.05) is 13.7 Å². The summed E-state index contributed by atoms with van der Waals surface area (Å²) in [7, 11) is 1.62. The van der Waals surface area contributed by atoms with Gasteiger partial charge in [0.15, 0.2) is 0 Å². The fourth-order valence-corrected chi connectivity index (χ4v) is 1.90. The van der Waals surface area contributed by atoms with Crippen LogP contribution in [-0.4, -0.2) is 26.3 Å². The smallest absolute Gasteiger partial charge is 0.315 e. The molecule has 0 aliphatic heterocycles. The molecule has 1 aliphatic rings. The Morgan fingerprint density at radius 1 is 1.35 bits per heavy atom. The monoisotopic (exact) mass is 234 g/mol. The fourth-order valence-electron chi connectivity index (χ4n) is 1.90. The second-order valence-corrected chi connectivity index (χ2v) is 4.32. The van der Waals surface area contributed by atoms with E-state index in [-0.39, 0.29) is 11.6 Å². The number of nitrogens with one attached hydrogen (secondary N) is 2. The van der Waals surface area contributed by atoms with Crippen molar-refractivity contribution in [3.05, 3.63) is 35.9 Å². The zero-order valence-electron chi connectivity index (χ0n) is 10.0. The standard InChI is InChI=1S/C13H18N2O2/c1-17-10-9-14-12(16)15-13(7-8-13)11-5-3-2-4-6-11/h2-6H,7-10H2,1H3,(H2,14,15,16). The van der Waals surface area contributed by atoms with E-state index < -0.39 is 0 Å². The summed E-state index contributed by atoms with van der Waals surface area (Å²) in [6, 6.07) is 9.98. The lowest BCUT2D eigenvalue weighted by atomic mass is 10.1. The summed E-state index contributed by atoms with van der Waals surface area (Å²) in [5.74, 6) is 0. The van der Waals surface area contributed by atoms with E-state index in [1.807, 2.05) is 18.2 Å². The molecule has 0 spiro atoms. The number of carbonyl (C=O) groups excluding carboxylic acids is 1. The molecule has 0 aromatic heterocycles. The number of benzene rings is 1. The Labute approximate surface area is 101 Å². The van der Waals surface area contributed by atoms with E-state index in [0.29, 0.717) is 13.2 Å². The highest BCUT2D eigenvalue weighted by Gasteiger charge is 2.45. The summed E-state index contributed by atoms with van der Waals surface area (Å²) >= 11 is 0. The second-order valence-electron chi connectivity index (χ2n) is 4.32. The van der Waals surface area contributed by atoms with Gasteiger partial charge in [-0.2, -0.15) is 0 Å². The minimum absolute atomic E-state index is 0.122. The molecule has 17 heavy (non-hydrogen) atoms. The Balaban J connectivity index is 1.88. The van der Waals surface area contributed by atoms with Gasteiger partial charge >= 0.3 is 6.03 Å². The van der Waals surface area contributed by atoms with E-state index in [0.717, 1.165) is 12.8 Å². The molecular formula is C13H18N2O2. The summed E-state index contributed by atoms with van der Waals surface area (Å²) in [5, 5.41) is 5.81. The molecule has 1 aromatic rings. The highest BCUT2D eigenvalue weighted by molar-refractivity contribution is 5.75. The van der Waals surface area contributed by atoms with Crippen LogP contribution in [0.2, 0.25) is 0 Å². The molecule has 0 bridgehead atoms. The van der Waals surface area contributed by atoms with Gasteiger partial charge < -0.3 is 15.4 Å². The number of rotatable bonds is 5. The van der Waals surface area contributed by atoms with Crippen LogP contribution >= 0.6 is 0 Å². The molecule has 92 valence electrons. The third-order valence-electron chi connectivity index (χ3n) is 3.02. The van der Waals surface area contributed by atoms with E-state index in [9.17, 15) is 4.79 Å². The fraction of sp³-hybridized carbons (Fsp3) is 0.462. The van der Waals surface area contributed by atoms with Crippen LogP contribution in [0.1, 0.15) is 18.4 Å². The molecule has 0 radical (unpaired) electrons. The van der Waals surface area contributed by atoms with Gasteiger partial charge in [0.2, 0.25) is 0 Å². The molecule has 4 heteroatoms. The molecule has 1 aromatic carbocycles.